The number of ether oxygens (including phenoxy) is 4. The number of carbonyl (C=O) groups excluding carboxylic acids is 1. The number of nitrogens with zero attached hydrogens (tertiary/aromatic N) is 3. The van der Waals surface area contributed by atoms with E-state index in [4.69, 9.17) is 29.0 Å². The van der Waals surface area contributed by atoms with Gasteiger partial charge in [0.15, 0.2) is 11.8 Å². The molecule has 0 N–H and O–H groups in total. The molecule has 5 rings (SSSR count). The molecule has 0 aliphatic carbocycles. The number of carbonyl (C=O) groups is 1. The normalized spacial score (nSPS) is 12.3. The van der Waals surface area contributed by atoms with Crippen LogP contribution in [0.2, 0.25) is 0 Å². The van der Waals surface area contributed by atoms with Gasteiger partial charge in [0.25, 0.3) is 0 Å². The maximum absolute atomic E-state index is 13.9. The number of methoxy groups -OCH3 is 3. The topological polar surface area (TPSA) is 84.2 Å². The molecule has 0 saturated carbocycles. The minimum absolute atomic E-state index is 0.375. The van der Waals surface area contributed by atoms with Gasteiger partial charge in [0.2, 0.25) is 0 Å². The van der Waals surface area contributed by atoms with Gasteiger partial charge in [-0.3, -0.25) is 0 Å². The highest BCUT2D eigenvalue weighted by Crippen LogP contribution is 2.39. The van der Waals surface area contributed by atoms with Crippen LogP contribution in [0.15, 0.2) is 66.7 Å². The monoisotopic (exact) mass is 597 g/mol. The van der Waals surface area contributed by atoms with E-state index in [0.29, 0.717) is 39.8 Å². The number of aromatic nitrogens is 3. The molecule has 2 aromatic heterocycles. The van der Waals surface area contributed by atoms with Gasteiger partial charge in [-0.2, -0.15) is 5.10 Å². The van der Waals surface area contributed by atoms with Crippen LogP contribution in [0, 0.1) is 19.7 Å². The molecule has 0 fully saturated rings. The van der Waals surface area contributed by atoms with Gasteiger partial charge in [-0.15, -0.1) is 0 Å². The van der Waals surface area contributed by atoms with Crippen LogP contribution in [0.5, 0.6) is 11.5 Å². The first-order chi connectivity index (χ1) is 20.9. The Labute approximate surface area is 256 Å². The second-order valence-corrected chi connectivity index (χ2v) is 11.5. The van der Waals surface area contributed by atoms with Crippen LogP contribution < -0.4 is 9.47 Å². The molecule has 0 bridgehead atoms. The number of hydrogen-bond acceptors (Lipinski definition) is 7. The molecule has 1 atom stereocenters. The van der Waals surface area contributed by atoms with Gasteiger partial charge in [-0.05, 0) is 70.0 Å². The highest BCUT2D eigenvalue weighted by atomic mass is 19.1. The number of fused-ring (bicyclic) bond motifs is 1. The summed E-state index contributed by atoms with van der Waals surface area (Å²) >= 11 is 0. The summed E-state index contributed by atoms with van der Waals surface area (Å²) in [5, 5.41) is 5.01. The van der Waals surface area contributed by atoms with Gasteiger partial charge < -0.3 is 18.9 Å². The highest BCUT2D eigenvalue weighted by Gasteiger charge is 2.34. The quantitative estimate of drug-likeness (QED) is 0.171. The number of benzene rings is 3. The number of hydrogen-bond donors (Lipinski definition) is 0. The Morgan fingerprint density at radius 2 is 1.59 bits per heavy atom. The van der Waals surface area contributed by atoms with E-state index in [1.807, 2.05) is 83.1 Å². The summed E-state index contributed by atoms with van der Waals surface area (Å²) in [6.45, 7) is 9.46. The summed E-state index contributed by atoms with van der Waals surface area (Å²) in [6, 6.07) is 20.0. The van der Waals surface area contributed by atoms with E-state index < -0.39 is 17.7 Å². The van der Waals surface area contributed by atoms with Crippen LogP contribution in [-0.4, -0.2) is 47.5 Å². The molecule has 3 aromatic carbocycles. The average molecular weight is 598 g/mol. The molecule has 44 heavy (non-hydrogen) atoms. The van der Waals surface area contributed by atoms with Crippen LogP contribution in [0.1, 0.15) is 43.7 Å². The third kappa shape index (κ3) is 6.01. The van der Waals surface area contributed by atoms with Crippen molar-refractivity contribution in [3.05, 3.63) is 89.4 Å². The Bertz CT molecular complexity index is 1860. The van der Waals surface area contributed by atoms with Crippen LogP contribution in [0.3, 0.4) is 0 Å². The molecule has 0 amide bonds. The molecular weight excluding hydrogens is 561 g/mol. The minimum atomic E-state index is -1.07. The Morgan fingerprint density at radius 3 is 2.27 bits per heavy atom. The summed E-state index contributed by atoms with van der Waals surface area (Å²) in [4.78, 5) is 18.1. The summed E-state index contributed by atoms with van der Waals surface area (Å²) in [7, 11) is 4.48. The lowest BCUT2D eigenvalue weighted by atomic mass is 9.98. The maximum Gasteiger partial charge on any atom is 0.339 e. The number of aryl methyl sites for hydroxylation is 2. The maximum atomic E-state index is 13.9. The van der Waals surface area contributed by atoms with Gasteiger partial charge >= 0.3 is 5.97 Å². The van der Waals surface area contributed by atoms with Crippen molar-refractivity contribution in [1.82, 2.24) is 14.6 Å². The molecule has 2 heterocycles. The molecular formula is C35H36FN3O5. The fourth-order valence-corrected chi connectivity index (χ4v) is 5.27. The van der Waals surface area contributed by atoms with Gasteiger partial charge in [0.1, 0.15) is 17.3 Å². The number of rotatable bonds is 8. The van der Waals surface area contributed by atoms with E-state index in [1.165, 1.54) is 26.4 Å². The number of esters is 1. The zero-order valence-electron chi connectivity index (χ0n) is 26.2. The first-order valence-corrected chi connectivity index (χ1v) is 14.2. The van der Waals surface area contributed by atoms with Crippen molar-refractivity contribution in [2.24, 2.45) is 0 Å². The van der Waals surface area contributed by atoms with Crippen LogP contribution >= 0.6 is 0 Å². The standard InChI is InChI=1S/C35H36FN3O5/c1-20-12-13-24(17-28(20)41-6)32-31(33(34(40)43-8)44-35(3,4)5)21(2)37-30-19-27(38-39(30)32)23-11-9-10-22(16-23)26-15-14-25(36)18-29(26)42-7/h9-19,33H,1-8H3/t33-/m0/s1. The molecule has 0 aliphatic heterocycles. The Morgan fingerprint density at radius 1 is 0.864 bits per heavy atom. The van der Waals surface area contributed by atoms with Crippen molar-refractivity contribution in [2.75, 3.05) is 21.3 Å². The second-order valence-electron chi connectivity index (χ2n) is 11.5. The van der Waals surface area contributed by atoms with Gasteiger partial charge in [-0.1, -0.05) is 30.3 Å². The van der Waals surface area contributed by atoms with E-state index in [2.05, 4.69) is 0 Å². The van der Waals surface area contributed by atoms with E-state index in [-0.39, 0.29) is 5.82 Å². The van der Waals surface area contributed by atoms with Crippen molar-refractivity contribution in [3.63, 3.8) is 0 Å². The Kier molecular flexibility index (Phi) is 8.43. The molecule has 8 nitrogen and oxygen atoms in total. The summed E-state index contributed by atoms with van der Waals surface area (Å²) in [6.07, 6.45) is -1.07. The zero-order chi connectivity index (χ0) is 31.8. The zero-order valence-corrected chi connectivity index (χ0v) is 26.2. The summed E-state index contributed by atoms with van der Waals surface area (Å²) in [5.41, 5.74) is 6.50. The molecule has 0 radical (unpaired) electrons. The smallest absolute Gasteiger partial charge is 0.339 e. The fraction of sp³-hybridized carbons (Fsp3) is 0.286. The van der Waals surface area contributed by atoms with Crippen molar-refractivity contribution in [1.29, 1.82) is 0 Å². The van der Waals surface area contributed by atoms with Crippen LogP contribution in [0.4, 0.5) is 4.39 Å². The largest absolute Gasteiger partial charge is 0.496 e. The van der Waals surface area contributed by atoms with E-state index >= 15 is 0 Å². The van der Waals surface area contributed by atoms with Crippen molar-refractivity contribution < 1.29 is 28.1 Å². The van der Waals surface area contributed by atoms with Crippen LogP contribution in [-0.2, 0) is 14.3 Å². The van der Waals surface area contributed by atoms with Gasteiger partial charge in [0.05, 0.1) is 38.3 Å². The van der Waals surface area contributed by atoms with E-state index in [9.17, 15) is 9.18 Å². The first-order valence-electron chi connectivity index (χ1n) is 14.2. The molecule has 0 spiro atoms. The van der Waals surface area contributed by atoms with Crippen molar-refractivity contribution >= 4 is 11.6 Å². The minimum Gasteiger partial charge on any atom is -0.496 e. The van der Waals surface area contributed by atoms with Crippen LogP contribution in [0.25, 0.3) is 39.3 Å². The third-order valence-corrected chi connectivity index (χ3v) is 7.29. The van der Waals surface area contributed by atoms with Crippen molar-refractivity contribution in [2.45, 2.75) is 46.3 Å². The molecule has 9 heteroatoms. The lowest BCUT2D eigenvalue weighted by Crippen LogP contribution is -2.29. The van der Waals surface area contributed by atoms with Crippen molar-refractivity contribution in [3.8, 4) is 45.1 Å². The predicted molar refractivity (Wildman–Crippen MR) is 167 cm³/mol. The SMILES string of the molecule is COC(=O)[C@@H](OC(C)(C)C)c1c(C)nc2cc(-c3cccc(-c4ccc(F)cc4OC)c3)nn2c1-c1ccc(C)c(OC)c1. The predicted octanol–water partition coefficient (Wildman–Crippen LogP) is 7.53. The summed E-state index contributed by atoms with van der Waals surface area (Å²) < 4.78 is 38.3. The fourth-order valence-electron chi connectivity index (χ4n) is 5.27. The highest BCUT2D eigenvalue weighted by molar-refractivity contribution is 5.83. The Hall–Kier alpha value is -4.76. The van der Waals surface area contributed by atoms with Gasteiger partial charge in [-0.25, -0.2) is 18.7 Å². The molecule has 0 unspecified atom stereocenters. The lowest BCUT2D eigenvalue weighted by Gasteiger charge is -2.28. The van der Waals surface area contributed by atoms with Gasteiger partial charge in [0, 0.05) is 40.1 Å². The summed E-state index contributed by atoms with van der Waals surface area (Å²) in [5.74, 6) is 0.205. The number of halogens is 1. The molecule has 0 saturated heterocycles. The average Bonchev–Trinajstić information content (AvgIpc) is 3.42. The Balaban J connectivity index is 1.77. The van der Waals surface area contributed by atoms with E-state index in [1.54, 1.807) is 17.7 Å². The molecule has 5 aromatic rings. The first kappa shape index (κ1) is 30.7. The second kappa shape index (κ2) is 12.1. The van der Waals surface area contributed by atoms with E-state index in [0.717, 1.165) is 27.8 Å². The third-order valence-electron chi connectivity index (χ3n) is 7.29. The molecule has 0 aliphatic rings. The molecule has 228 valence electrons. The lowest BCUT2D eigenvalue weighted by molar-refractivity contribution is -0.164.